The largest absolute Gasteiger partial charge is 0.439 e. The first kappa shape index (κ1) is 13.7. The molecule has 1 N–H and O–H groups in total. The zero-order valence-corrected chi connectivity index (χ0v) is 11.8. The lowest BCUT2D eigenvalue weighted by molar-refractivity contribution is 0.321. The first-order valence-electron chi connectivity index (χ1n) is 5.37. The van der Waals surface area contributed by atoms with Gasteiger partial charge in [-0.2, -0.15) is 5.10 Å². The average Bonchev–Trinajstić information content (AvgIpc) is 2.61. The van der Waals surface area contributed by atoms with E-state index in [0.29, 0.717) is 32.9 Å². The standard InChI is InChI=1S/C12H11Cl2N3O2/c1-7-9(6-15-18)12(17(2)16-7)19-8-3-4-10(13)11(14)5-8/h3-6,18H,1-2H3. The summed E-state index contributed by atoms with van der Waals surface area (Å²) in [4.78, 5) is 0. The predicted octanol–water partition coefficient (Wildman–Crippen LogP) is 3.64. The van der Waals surface area contributed by atoms with Gasteiger partial charge in [-0.25, -0.2) is 4.68 Å². The van der Waals surface area contributed by atoms with Crippen LogP contribution in [0, 0.1) is 6.92 Å². The fourth-order valence-corrected chi connectivity index (χ4v) is 1.92. The van der Waals surface area contributed by atoms with Gasteiger partial charge in [0.2, 0.25) is 5.88 Å². The normalized spacial score (nSPS) is 11.2. The van der Waals surface area contributed by atoms with Gasteiger partial charge in [-0.1, -0.05) is 28.4 Å². The van der Waals surface area contributed by atoms with E-state index in [-0.39, 0.29) is 0 Å². The fourth-order valence-electron chi connectivity index (χ4n) is 1.63. The summed E-state index contributed by atoms with van der Waals surface area (Å²) in [7, 11) is 1.73. The smallest absolute Gasteiger partial charge is 0.226 e. The molecule has 0 unspecified atom stereocenters. The summed E-state index contributed by atoms with van der Waals surface area (Å²) in [6, 6.07) is 4.94. The Labute approximate surface area is 120 Å². The third-order valence-corrected chi connectivity index (χ3v) is 3.25. The molecule has 0 amide bonds. The second-order valence-electron chi connectivity index (χ2n) is 3.85. The van der Waals surface area contributed by atoms with Crippen molar-refractivity contribution in [1.82, 2.24) is 9.78 Å². The molecule has 1 heterocycles. The van der Waals surface area contributed by atoms with Crippen molar-refractivity contribution >= 4 is 29.4 Å². The lowest BCUT2D eigenvalue weighted by Crippen LogP contribution is -1.97. The van der Waals surface area contributed by atoms with Gasteiger partial charge in [0.05, 0.1) is 27.5 Å². The average molecular weight is 300 g/mol. The Hall–Kier alpha value is -1.72. The SMILES string of the molecule is Cc1nn(C)c(Oc2ccc(Cl)c(Cl)c2)c1C=NO. The summed E-state index contributed by atoms with van der Waals surface area (Å²) in [6.45, 7) is 1.79. The van der Waals surface area contributed by atoms with Crippen LogP contribution in [0.2, 0.25) is 10.0 Å². The number of oxime groups is 1. The number of benzene rings is 1. The molecule has 0 aliphatic rings. The molecule has 0 saturated heterocycles. The Bertz CT molecular complexity index is 638. The molecule has 0 radical (unpaired) electrons. The first-order chi connectivity index (χ1) is 9.02. The van der Waals surface area contributed by atoms with Crippen LogP contribution in [0.3, 0.4) is 0 Å². The molecule has 5 nitrogen and oxygen atoms in total. The van der Waals surface area contributed by atoms with Crippen molar-refractivity contribution in [2.75, 3.05) is 0 Å². The Balaban J connectivity index is 2.40. The Morgan fingerprint density at radius 2 is 2.11 bits per heavy atom. The maximum atomic E-state index is 8.66. The molecule has 0 spiro atoms. The second kappa shape index (κ2) is 5.50. The van der Waals surface area contributed by atoms with E-state index in [4.69, 9.17) is 33.1 Å². The highest BCUT2D eigenvalue weighted by atomic mass is 35.5. The van der Waals surface area contributed by atoms with E-state index < -0.39 is 0 Å². The van der Waals surface area contributed by atoms with E-state index in [1.165, 1.54) is 6.21 Å². The van der Waals surface area contributed by atoms with E-state index in [1.54, 1.807) is 36.9 Å². The second-order valence-corrected chi connectivity index (χ2v) is 4.66. The molecule has 0 bridgehead atoms. The van der Waals surface area contributed by atoms with Gasteiger partial charge in [0.1, 0.15) is 5.75 Å². The molecule has 2 aromatic rings. The molecule has 0 aliphatic carbocycles. The third-order valence-electron chi connectivity index (χ3n) is 2.51. The van der Waals surface area contributed by atoms with Crippen LogP contribution in [-0.4, -0.2) is 21.2 Å². The minimum atomic E-state index is 0.399. The van der Waals surface area contributed by atoms with Gasteiger partial charge in [-0.05, 0) is 19.1 Å². The molecule has 0 aliphatic heterocycles. The van der Waals surface area contributed by atoms with Crippen molar-refractivity contribution in [1.29, 1.82) is 0 Å². The van der Waals surface area contributed by atoms with Gasteiger partial charge in [-0.3, -0.25) is 0 Å². The van der Waals surface area contributed by atoms with Crippen LogP contribution in [0.25, 0.3) is 0 Å². The summed E-state index contributed by atoms with van der Waals surface area (Å²) < 4.78 is 7.25. The summed E-state index contributed by atoms with van der Waals surface area (Å²) >= 11 is 11.8. The van der Waals surface area contributed by atoms with Gasteiger partial charge < -0.3 is 9.94 Å². The molecular weight excluding hydrogens is 289 g/mol. The number of rotatable bonds is 3. The number of ether oxygens (including phenoxy) is 1. The lowest BCUT2D eigenvalue weighted by Gasteiger charge is -2.07. The van der Waals surface area contributed by atoms with Crippen molar-refractivity contribution in [3.63, 3.8) is 0 Å². The van der Waals surface area contributed by atoms with Crippen molar-refractivity contribution in [3.8, 4) is 11.6 Å². The molecule has 1 aromatic carbocycles. The summed E-state index contributed by atoms with van der Waals surface area (Å²) in [6.07, 6.45) is 1.27. The summed E-state index contributed by atoms with van der Waals surface area (Å²) in [5.41, 5.74) is 1.28. The summed E-state index contributed by atoms with van der Waals surface area (Å²) in [5, 5.41) is 16.7. The van der Waals surface area contributed by atoms with Crippen molar-refractivity contribution < 1.29 is 9.94 Å². The van der Waals surface area contributed by atoms with Crippen LogP contribution in [0.4, 0.5) is 0 Å². The van der Waals surface area contributed by atoms with E-state index >= 15 is 0 Å². The maximum absolute atomic E-state index is 8.66. The van der Waals surface area contributed by atoms with Crippen LogP contribution >= 0.6 is 23.2 Å². The van der Waals surface area contributed by atoms with Gasteiger partial charge in [-0.15, -0.1) is 0 Å². The van der Waals surface area contributed by atoms with E-state index in [9.17, 15) is 0 Å². The highest BCUT2D eigenvalue weighted by molar-refractivity contribution is 6.42. The van der Waals surface area contributed by atoms with E-state index in [1.807, 2.05) is 0 Å². The van der Waals surface area contributed by atoms with E-state index in [2.05, 4.69) is 10.3 Å². The Morgan fingerprint density at radius 3 is 2.74 bits per heavy atom. The van der Waals surface area contributed by atoms with Crippen LogP contribution in [-0.2, 0) is 7.05 Å². The topological polar surface area (TPSA) is 59.6 Å². The molecule has 19 heavy (non-hydrogen) atoms. The molecule has 0 atom stereocenters. The predicted molar refractivity (Wildman–Crippen MR) is 73.9 cm³/mol. The van der Waals surface area contributed by atoms with Crippen LogP contribution in [0.1, 0.15) is 11.3 Å². The number of nitrogens with zero attached hydrogens (tertiary/aromatic N) is 3. The molecular formula is C12H11Cl2N3O2. The van der Waals surface area contributed by atoms with Crippen molar-refractivity contribution in [3.05, 3.63) is 39.5 Å². The number of halogens is 2. The van der Waals surface area contributed by atoms with Gasteiger partial charge in [0.15, 0.2) is 0 Å². The van der Waals surface area contributed by atoms with Crippen LogP contribution in [0.15, 0.2) is 23.4 Å². The van der Waals surface area contributed by atoms with Gasteiger partial charge in [0, 0.05) is 13.1 Å². The van der Waals surface area contributed by atoms with Crippen molar-refractivity contribution in [2.24, 2.45) is 12.2 Å². The minimum Gasteiger partial charge on any atom is -0.439 e. The fraction of sp³-hybridized carbons (Fsp3) is 0.167. The van der Waals surface area contributed by atoms with Gasteiger partial charge in [0.25, 0.3) is 0 Å². The molecule has 2 rings (SSSR count). The molecule has 7 heteroatoms. The van der Waals surface area contributed by atoms with E-state index in [0.717, 1.165) is 0 Å². The minimum absolute atomic E-state index is 0.399. The number of aromatic nitrogens is 2. The van der Waals surface area contributed by atoms with Crippen LogP contribution < -0.4 is 4.74 Å². The highest BCUT2D eigenvalue weighted by Crippen LogP contribution is 2.31. The van der Waals surface area contributed by atoms with Gasteiger partial charge >= 0.3 is 0 Å². The zero-order chi connectivity index (χ0) is 14.0. The summed E-state index contributed by atoms with van der Waals surface area (Å²) in [5.74, 6) is 0.971. The van der Waals surface area contributed by atoms with Crippen LogP contribution in [0.5, 0.6) is 11.6 Å². The Kier molecular flexibility index (Phi) is 3.97. The third kappa shape index (κ3) is 2.83. The number of aryl methyl sites for hydroxylation is 2. The lowest BCUT2D eigenvalue weighted by atomic mass is 10.3. The van der Waals surface area contributed by atoms with Crippen molar-refractivity contribution in [2.45, 2.75) is 6.92 Å². The molecule has 100 valence electrons. The highest BCUT2D eigenvalue weighted by Gasteiger charge is 2.14. The molecule has 0 saturated carbocycles. The monoisotopic (exact) mass is 299 g/mol. The Morgan fingerprint density at radius 1 is 1.37 bits per heavy atom. The first-order valence-corrected chi connectivity index (χ1v) is 6.12. The zero-order valence-electron chi connectivity index (χ0n) is 10.3. The maximum Gasteiger partial charge on any atom is 0.226 e. The number of hydrogen-bond donors (Lipinski definition) is 1. The number of hydrogen-bond acceptors (Lipinski definition) is 4. The molecule has 1 aromatic heterocycles. The quantitative estimate of drug-likeness (QED) is 0.535. The molecule has 0 fully saturated rings.